The molecule has 2 rings (SSSR count). The molecule has 2 unspecified atom stereocenters. The van der Waals surface area contributed by atoms with Gasteiger partial charge in [-0.15, -0.1) is 0 Å². The van der Waals surface area contributed by atoms with Gasteiger partial charge in [-0.2, -0.15) is 0 Å². The largest absolute Gasteiger partial charge is 0.370 e. The van der Waals surface area contributed by atoms with E-state index in [-0.39, 0.29) is 11.9 Å². The lowest BCUT2D eigenvalue weighted by molar-refractivity contribution is -0.00829. The Kier molecular flexibility index (Phi) is 5.90. The molecule has 0 spiro atoms. The van der Waals surface area contributed by atoms with Crippen LogP contribution in [-0.2, 0) is 4.74 Å². The number of hydrogen-bond donors (Lipinski definition) is 8. The normalized spacial score (nSPS) is 12.9. The molecule has 0 aromatic heterocycles. The summed E-state index contributed by atoms with van der Waals surface area (Å²) in [4.78, 5) is 0. The fraction of sp³-hybridized carbons (Fsp3) is 0.125. The predicted octanol–water partition coefficient (Wildman–Crippen LogP) is 0.929. The van der Waals surface area contributed by atoms with E-state index in [1.807, 2.05) is 0 Å². The smallest absolute Gasteiger partial charge is 0.190 e. The summed E-state index contributed by atoms with van der Waals surface area (Å²) < 4.78 is 5.65. The van der Waals surface area contributed by atoms with Gasteiger partial charge in [0.15, 0.2) is 11.9 Å². The van der Waals surface area contributed by atoms with Gasteiger partial charge < -0.3 is 38.3 Å². The lowest BCUT2D eigenvalue weighted by atomic mass is 10.1. The first-order chi connectivity index (χ1) is 11.8. The third-order valence-electron chi connectivity index (χ3n) is 3.33. The summed E-state index contributed by atoms with van der Waals surface area (Å²) in [6.07, 6.45) is -1.42. The highest BCUT2D eigenvalue weighted by atomic mass is 16.5. The van der Waals surface area contributed by atoms with Crippen molar-refractivity contribution in [3.05, 3.63) is 59.7 Å². The van der Waals surface area contributed by atoms with E-state index in [4.69, 9.17) is 38.5 Å². The molecule has 2 aromatic carbocycles. The first kappa shape index (κ1) is 18.2. The van der Waals surface area contributed by atoms with Gasteiger partial charge in [0.25, 0.3) is 0 Å². The van der Waals surface area contributed by atoms with Crippen molar-refractivity contribution >= 4 is 23.3 Å². The second kappa shape index (κ2) is 8.11. The average molecular weight is 342 g/mol. The van der Waals surface area contributed by atoms with E-state index in [0.717, 1.165) is 11.1 Å². The number of hydrogen-bond acceptors (Lipinski definition) is 5. The SMILES string of the molecule is N=C(N)Nc1ccc(C(N)OC(N)c2ccc(NC(=N)N)cc2)cc1. The van der Waals surface area contributed by atoms with Crippen LogP contribution in [0.5, 0.6) is 0 Å². The Morgan fingerprint density at radius 2 is 1.04 bits per heavy atom. The summed E-state index contributed by atoms with van der Waals surface area (Å²) >= 11 is 0. The highest BCUT2D eigenvalue weighted by Gasteiger charge is 2.13. The molecule has 0 aliphatic heterocycles. The van der Waals surface area contributed by atoms with Crippen LogP contribution in [-0.4, -0.2) is 11.9 Å². The van der Waals surface area contributed by atoms with E-state index >= 15 is 0 Å². The zero-order valence-corrected chi connectivity index (χ0v) is 13.5. The van der Waals surface area contributed by atoms with Crippen LogP contribution in [0.25, 0.3) is 0 Å². The van der Waals surface area contributed by atoms with Gasteiger partial charge in [-0.05, 0) is 35.4 Å². The minimum Gasteiger partial charge on any atom is -0.370 e. The van der Waals surface area contributed by atoms with Crippen molar-refractivity contribution in [1.29, 1.82) is 10.8 Å². The molecule has 132 valence electrons. The zero-order chi connectivity index (χ0) is 18.4. The monoisotopic (exact) mass is 342 g/mol. The third kappa shape index (κ3) is 5.46. The maximum Gasteiger partial charge on any atom is 0.190 e. The van der Waals surface area contributed by atoms with Crippen molar-refractivity contribution in [2.24, 2.45) is 22.9 Å². The maximum absolute atomic E-state index is 7.19. The fourth-order valence-electron chi connectivity index (χ4n) is 2.14. The van der Waals surface area contributed by atoms with Crippen LogP contribution in [0.2, 0.25) is 0 Å². The van der Waals surface area contributed by atoms with E-state index in [2.05, 4.69) is 10.6 Å². The Bertz CT molecular complexity index is 665. The molecule has 25 heavy (non-hydrogen) atoms. The molecular formula is C16H22N8O. The van der Waals surface area contributed by atoms with Crippen LogP contribution in [0.4, 0.5) is 11.4 Å². The molecule has 0 saturated carbocycles. The number of benzene rings is 2. The summed E-state index contributed by atoms with van der Waals surface area (Å²) in [5.41, 5.74) is 25.4. The molecule has 9 nitrogen and oxygen atoms in total. The first-order valence-electron chi connectivity index (χ1n) is 7.44. The zero-order valence-electron chi connectivity index (χ0n) is 13.5. The molecular weight excluding hydrogens is 320 g/mol. The second-order valence-electron chi connectivity index (χ2n) is 5.30. The quantitative estimate of drug-likeness (QED) is 0.218. The van der Waals surface area contributed by atoms with E-state index in [1.165, 1.54) is 0 Å². The molecule has 2 atom stereocenters. The van der Waals surface area contributed by atoms with Crippen molar-refractivity contribution in [2.75, 3.05) is 10.6 Å². The molecule has 0 saturated heterocycles. The van der Waals surface area contributed by atoms with Crippen molar-refractivity contribution in [1.82, 2.24) is 0 Å². The van der Waals surface area contributed by atoms with Gasteiger partial charge in [-0.1, -0.05) is 24.3 Å². The van der Waals surface area contributed by atoms with Gasteiger partial charge in [-0.3, -0.25) is 10.8 Å². The topological polar surface area (TPSA) is 185 Å². The molecule has 0 aliphatic carbocycles. The predicted molar refractivity (Wildman–Crippen MR) is 98.9 cm³/mol. The molecule has 2 aromatic rings. The van der Waals surface area contributed by atoms with Gasteiger partial charge in [0.1, 0.15) is 12.5 Å². The van der Waals surface area contributed by atoms with Crippen LogP contribution in [0.3, 0.4) is 0 Å². The second-order valence-corrected chi connectivity index (χ2v) is 5.30. The van der Waals surface area contributed by atoms with Gasteiger partial charge in [-0.25, -0.2) is 0 Å². The van der Waals surface area contributed by atoms with Crippen LogP contribution < -0.4 is 33.6 Å². The Morgan fingerprint density at radius 3 is 1.32 bits per heavy atom. The van der Waals surface area contributed by atoms with E-state index in [0.29, 0.717) is 11.4 Å². The van der Waals surface area contributed by atoms with E-state index in [9.17, 15) is 0 Å². The Hall–Kier alpha value is -3.14. The number of rotatable bonds is 6. The van der Waals surface area contributed by atoms with Crippen molar-refractivity contribution in [2.45, 2.75) is 12.5 Å². The van der Waals surface area contributed by atoms with Gasteiger partial charge in [0.2, 0.25) is 0 Å². The Morgan fingerprint density at radius 1 is 0.720 bits per heavy atom. The van der Waals surface area contributed by atoms with E-state index < -0.39 is 12.5 Å². The summed E-state index contributed by atoms with van der Waals surface area (Å²) in [5, 5.41) is 19.7. The highest BCUT2D eigenvalue weighted by Crippen LogP contribution is 2.22. The minimum absolute atomic E-state index is 0.141. The molecule has 9 heteroatoms. The number of anilines is 2. The summed E-state index contributed by atoms with van der Waals surface area (Å²) in [6, 6.07) is 14.0. The van der Waals surface area contributed by atoms with Crippen molar-refractivity contribution in [3.63, 3.8) is 0 Å². The van der Waals surface area contributed by atoms with Gasteiger partial charge in [0.05, 0.1) is 0 Å². The molecule has 0 aliphatic rings. The lowest BCUT2D eigenvalue weighted by Crippen LogP contribution is -2.23. The lowest BCUT2D eigenvalue weighted by Gasteiger charge is -2.20. The van der Waals surface area contributed by atoms with Gasteiger partial charge in [0, 0.05) is 11.4 Å². The number of nitrogens with one attached hydrogen (secondary N) is 4. The third-order valence-corrected chi connectivity index (χ3v) is 3.33. The summed E-state index contributed by atoms with van der Waals surface area (Å²) in [5.74, 6) is -0.281. The minimum atomic E-state index is -0.712. The van der Waals surface area contributed by atoms with Crippen molar-refractivity contribution in [3.8, 4) is 0 Å². The number of nitrogens with two attached hydrogens (primary N) is 4. The maximum atomic E-state index is 7.19. The summed E-state index contributed by atoms with van der Waals surface area (Å²) in [7, 11) is 0. The number of guanidine groups is 2. The van der Waals surface area contributed by atoms with Gasteiger partial charge >= 0.3 is 0 Å². The fourth-order valence-corrected chi connectivity index (χ4v) is 2.14. The first-order valence-corrected chi connectivity index (χ1v) is 7.44. The van der Waals surface area contributed by atoms with E-state index in [1.54, 1.807) is 48.5 Å². The average Bonchev–Trinajstić information content (AvgIpc) is 2.55. The van der Waals surface area contributed by atoms with Crippen LogP contribution in [0, 0.1) is 10.8 Å². The van der Waals surface area contributed by atoms with Crippen molar-refractivity contribution < 1.29 is 4.74 Å². The standard InChI is InChI=1S/C16H22N8O/c17-13(9-1-5-11(6-2-9)23-15(19)20)25-14(18)10-3-7-12(8-4-10)24-16(21)22/h1-8,13-14H,17-18H2,(H4,19,20,23)(H4,21,22,24). The van der Waals surface area contributed by atoms with Crippen LogP contribution in [0.1, 0.15) is 23.6 Å². The Balaban J connectivity index is 1.98. The van der Waals surface area contributed by atoms with Crippen LogP contribution >= 0.6 is 0 Å². The molecule has 0 amide bonds. The highest BCUT2D eigenvalue weighted by molar-refractivity contribution is 5.90. The molecule has 0 fully saturated rings. The Labute approximate surface area is 145 Å². The molecule has 0 radical (unpaired) electrons. The molecule has 12 N–H and O–H groups in total. The summed E-state index contributed by atoms with van der Waals surface area (Å²) in [6.45, 7) is 0. The number of ether oxygens (including phenoxy) is 1. The molecule has 0 heterocycles. The molecule has 0 bridgehead atoms. The van der Waals surface area contributed by atoms with Crippen LogP contribution in [0.15, 0.2) is 48.5 Å².